The molecule has 0 saturated carbocycles. The molecule has 2 amide bonds. The van der Waals surface area contributed by atoms with Gasteiger partial charge in [0.2, 0.25) is 5.91 Å². The van der Waals surface area contributed by atoms with Gasteiger partial charge in [-0.3, -0.25) is 9.69 Å². The summed E-state index contributed by atoms with van der Waals surface area (Å²) in [5, 5.41) is 20.3. The summed E-state index contributed by atoms with van der Waals surface area (Å²) in [5.74, 6) is -0.612. The van der Waals surface area contributed by atoms with Gasteiger partial charge in [-0.15, -0.1) is 0 Å². The first kappa shape index (κ1) is 16.9. The second kappa shape index (κ2) is 8.23. The van der Waals surface area contributed by atoms with Crippen LogP contribution in [0.25, 0.3) is 0 Å². The predicted molar refractivity (Wildman–Crippen MR) is 78.2 cm³/mol. The van der Waals surface area contributed by atoms with E-state index in [-0.39, 0.29) is 12.5 Å². The fourth-order valence-electron chi connectivity index (χ4n) is 1.69. The second-order valence-corrected chi connectivity index (χ2v) is 4.62. The van der Waals surface area contributed by atoms with Gasteiger partial charge in [-0.05, 0) is 30.2 Å². The van der Waals surface area contributed by atoms with E-state index in [1.807, 2.05) is 6.92 Å². The van der Waals surface area contributed by atoms with Gasteiger partial charge in [0.15, 0.2) is 0 Å². The summed E-state index contributed by atoms with van der Waals surface area (Å²) in [7, 11) is 1.29. The number of aliphatic hydroxyl groups excluding tert-OH is 2. The van der Waals surface area contributed by atoms with Crippen LogP contribution in [0, 0.1) is 5.92 Å². The average molecular weight is 296 g/mol. The van der Waals surface area contributed by atoms with Crippen LogP contribution in [-0.2, 0) is 9.53 Å². The molecule has 3 N–H and O–H groups in total. The van der Waals surface area contributed by atoms with Crippen molar-refractivity contribution in [2.45, 2.75) is 6.92 Å². The molecule has 1 rings (SSSR count). The third-order valence-corrected chi connectivity index (χ3v) is 2.81. The molecule has 0 aliphatic carbocycles. The number of benzene rings is 1. The zero-order chi connectivity index (χ0) is 15.8. The highest BCUT2D eigenvalue weighted by Gasteiger charge is 2.18. The van der Waals surface area contributed by atoms with Crippen LogP contribution < -0.4 is 10.2 Å². The first-order valence-electron chi connectivity index (χ1n) is 6.49. The molecule has 1 atom stereocenters. The minimum Gasteiger partial charge on any atom is -0.452 e. The lowest BCUT2D eigenvalue weighted by Crippen LogP contribution is -2.35. The second-order valence-electron chi connectivity index (χ2n) is 4.62. The summed E-state index contributed by atoms with van der Waals surface area (Å²) < 4.78 is 4.73. The number of nitrogens with one attached hydrogen (secondary N) is 1. The number of methoxy groups -OCH3 is 1. The minimum atomic E-state index is -0.593. The fourth-order valence-corrected chi connectivity index (χ4v) is 1.69. The van der Waals surface area contributed by atoms with Crippen molar-refractivity contribution >= 4 is 23.4 Å². The van der Waals surface area contributed by atoms with Crippen molar-refractivity contribution in [1.29, 1.82) is 0 Å². The van der Waals surface area contributed by atoms with Crippen LogP contribution in [-0.4, -0.2) is 49.1 Å². The van der Waals surface area contributed by atoms with Crippen LogP contribution in [0.1, 0.15) is 6.92 Å². The molecule has 1 aromatic carbocycles. The molecule has 0 saturated heterocycles. The first-order chi connectivity index (χ1) is 10.0. The zero-order valence-electron chi connectivity index (χ0n) is 12.1. The molecule has 0 bridgehead atoms. The van der Waals surface area contributed by atoms with Gasteiger partial charge in [0.05, 0.1) is 7.11 Å². The lowest BCUT2D eigenvalue weighted by Gasteiger charge is -2.24. The Bertz CT molecular complexity index is 475. The van der Waals surface area contributed by atoms with E-state index in [0.29, 0.717) is 17.9 Å². The molecule has 7 heteroatoms. The van der Waals surface area contributed by atoms with Crippen molar-refractivity contribution in [3.63, 3.8) is 0 Å². The van der Waals surface area contributed by atoms with Crippen LogP contribution in [0.4, 0.5) is 16.2 Å². The minimum absolute atomic E-state index is 0.0435. The van der Waals surface area contributed by atoms with Gasteiger partial charge in [-0.25, -0.2) is 4.79 Å². The van der Waals surface area contributed by atoms with Gasteiger partial charge in [0.25, 0.3) is 0 Å². The molecule has 7 nitrogen and oxygen atoms in total. The van der Waals surface area contributed by atoms with Crippen molar-refractivity contribution in [3.05, 3.63) is 24.3 Å². The molecule has 0 aliphatic rings. The summed E-state index contributed by atoms with van der Waals surface area (Å²) in [5.41, 5.74) is 1.10. The Morgan fingerprint density at radius 1 is 1.29 bits per heavy atom. The Morgan fingerprint density at radius 2 is 1.90 bits per heavy atom. The van der Waals surface area contributed by atoms with Gasteiger partial charge < -0.3 is 20.3 Å². The third kappa shape index (κ3) is 5.05. The lowest BCUT2D eigenvalue weighted by molar-refractivity contribution is -0.118. The van der Waals surface area contributed by atoms with E-state index in [1.165, 1.54) is 12.0 Å². The van der Waals surface area contributed by atoms with E-state index in [2.05, 4.69) is 5.32 Å². The Labute approximate surface area is 123 Å². The van der Waals surface area contributed by atoms with Crippen LogP contribution in [0.15, 0.2) is 24.3 Å². The molecule has 0 spiro atoms. The maximum atomic E-state index is 11.8. The number of aliphatic hydroxyl groups is 2. The summed E-state index contributed by atoms with van der Waals surface area (Å²) in [6.07, 6.45) is -0.526. The third-order valence-electron chi connectivity index (χ3n) is 2.81. The number of ether oxygens (including phenoxy) is 1. The van der Waals surface area contributed by atoms with Gasteiger partial charge >= 0.3 is 6.09 Å². The van der Waals surface area contributed by atoms with Crippen molar-refractivity contribution in [2.75, 3.05) is 37.1 Å². The van der Waals surface area contributed by atoms with E-state index in [0.717, 1.165) is 0 Å². The lowest BCUT2D eigenvalue weighted by atomic mass is 10.1. The zero-order valence-corrected chi connectivity index (χ0v) is 12.1. The molecule has 21 heavy (non-hydrogen) atoms. The largest absolute Gasteiger partial charge is 0.452 e. The van der Waals surface area contributed by atoms with Gasteiger partial charge in [0.1, 0.15) is 6.61 Å². The monoisotopic (exact) mass is 296 g/mol. The molecule has 116 valence electrons. The van der Waals surface area contributed by atoms with Crippen molar-refractivity contribution < 1.29 is 24.5 Å². The van der Waals surface area contributed by atoms with Crippen LogP contribution in [0.2, 0.25) is 0 Å². The van der Waals surface area contributed by atoms with Gasteiger partial charge in [0, 0.05) is 24.5 Å². The number of carbonyl (C=O) groups excluding carboxylic acids is 2. The number of hydrogen-bond donors (Lipinski definition) is 3. The van der Waals surface area contributed by atoms with E-state index < -0.39 is 18.6 Å². The quantitative estimate of drug-likeness (QED) is 0.722. The number of rotatable bonds is 6. The summed E-state index contributed by atoms with van der Waals surface area (Å²) in [4.78, 5) is 24.3. The normalized spacial score (nSPS) is 11.6. The molecule has 1 aromatic rings. The topological polar surface area (TPSA) is 99.1 Å². The van der Waals surface area contributed by atoms with Crippen molar-refractivity contribution in [2.24, 2.45) is 5.92 Å². The van der Waals surface area contributed by atoms with Crippen LogP contribution in [0.3, 0.4) is 0 Å². The molecule has 0 heterocycles. The number of carbonyl (C=O) groups is 2. The Balaban J connectivity index is 2.87. The van der Waals surface area contributed by atoms with E-state index in [4.69, 9.17) is 14.9 Å². The fraction of sp³-hybridized carbons (Fsp3) is 0.429. The number of nitrogens with zero attached hydrogens (tertiary/aromatic N) is 1. The summed E-state index contributed by atoms with van der Waals surface area (Å²) >= 11 is 0. The first-order valence-corrected chi connectivity index (χ1v) is 6.49. The number of amides is 2. The van der Waals surface area contributed by atoms with Crippen molar-refractivity contribution in [1.82, 2.24) is 0 Å². The Morgan fingerprint density at radius 3 is 2.38 bits per heavy atom. The highest BCUT2D eigenvalue weighted by atomic mass is 16.5. The molecular formula is C14H20N2O5. The number of hydrogen-bond acceptors (Lipinski definition) is 5. The summed E-state index contributed by atoms with van der Waals surface area (Å²) in [6, 6.07) is 6.52. The van der Waals surface area contributed by atoms with E-state index in [1.54, 1.807) is 24.3 Å². The van der Waals surface area contributed by atoms with Crippen LogP contribution >= 0.6 is 0 Å². The standard InChI is InChI=1S/C14H20N2O5/c1-10(8-17)7-16(14(20)21-2)12-5-3-11(4-6-12)15-13(19)9-18/h3-6,10,17-18H,7-9H2,1-2H3,(H,15,19)/t10-/m1/s1. The summed E-state index contributed by atoms with van der Waals surface area (Å²) in [6.45, 7) is 1.49. The maximum Gasteiger partial charge on any atom is 0.414 e. The Kier molecular flexibility index (Phi) is 6.64. The molecule has 0 aliphatic heterocycles. The molecule has 0 aromatic heterocycles. The predicted octanol–water partition coefficient (Wildman–Crippen LogP) is 0.819. The smallest absolute Gasteiger partial charge is 0.414 e. The maximum absolute atomic E-state index is 11.8. The highest BCUT2D eigenvalue weighted by Crippen LogP contribution is 2.20. The van der Waals surface area contributed by atoms with Crippen molar-refractivity contribution in [3.8, 4) is 0 Å². The van der Waals surface area contributed by atoms with E-state index in [9.17, 15) is 9.59 Å². The highest BCUT2D eigenvalue weighted by molar-refractivity contribution is 5.92. The molecule has 0 fully saturated rings. The van der Waals surface area contributed by atoms with E-state index >= 15 is 0 Å². The Hall–Kier alpha value is -2.12. The number of anilines is 2. The van der Waals surface area contributed by atoms with Gasteiger partial charge in [-0.2, -0.15) is 0 Å². The van der Waals surface area contributed by atoms with Crippen LogP contribution in [0.5, 0.6) is 0 Å². The molecular weight excluding hydrogens is 276 g/mol. The molecule has 0 unspecified atom stereocenters. The van der Waals surface area contributed by atoms with Gasteiger partial charge in [-0.1, -0.05) is 6.92 Å². The molecule has 0 radical (unpaired) electrons. The average Bonchev–Trinajstić information content (AvgIpc) is 2.52. The SMILES string of the molecule is COC(=O)N(C[C@@H](C)CO)c1ccc(NC(=O)CO)cc1.